The van der Waals surface area contributed by atoms with Crippen LogP contribution in [0, 0.1) is 11.8 Å². The summed E-state index contributed by atoms with van der Waals surface area (Å²) >= 11 is 0. The van der Waals surface area contributed by atoms with Crippen molar-refractivity contribution in [3.63, 3.8) is 0 Å². The molecule has 2 saturated carbocycles. The van der Waals surface area contributed by atoms with Gasteiger partial charge in [0.2, 0.25) is 17.7 Å². The quantitative estimate of drug-likeness (QED) is 0.271. The van der Waals surface area contributed by atoms with Gasteiger partial charge in [-0.25, -0.2) is 0 Å². The SMILES string of the molecule is COc1ccc(C[C@H](NC(=O)[C@@H](C)NC(=O)C2CCC(O)CC2)C(=O)N[C@@H](CC2CCC2)C(=O)[C@@]2(C)CO2)cc1. The van der Waals surface area contributed by atoms with E-state index in [4.69, 9.17) is 9.47 Å². The van der Waals surface area contributed by atoms with Crippen LogP contribution in [0.1, 0.15) is 70.8 Å². The Morgan fingerprint density at radius 3 is 2.15 bits per heavy atom. The van der Waals surface area contributed by atoms with Crippen molar-refractivity contribution in [3.8, 4) is 5.75 Å². The number of rotatable bonds is 13. The van der Waals surface area contributed by atoms with E-state index in [1.54, 1.807) is 33.1 Å². The van der Waals surface area contributed by atoms with Crippen LogP contribution < -0.4 is 20.7 Å². The lowest BCUT2D eigenvalue weighted by Crippen LogP contribution is -2.57. The molecule has 0 radical (unpaired) electrons. The first-order chi connectivity index (χ1) is 19.1. The lowest BCUT2D eigenvalue weighted by atomic mass is 9.79. The van der Waals surface area contributed by atoms with Crippen molar-refractivity contribution in [1.82, 2.24) is 16.0 Å². The molecule has 1 aromatic rings. The zero-order valence-corrected chi connectivity index (χ0v) is 23.7. The predicted molar refractivity (Wildman–Crippen MR) is 147 cm³/mol. The number of hydrogen-bond acceptors (Lipinski definition) is 7. The van der Waals surface area contributed by atoms with Gasteiger partial charge in [0.1, 0.15) is 23.4 Å². The van der Waals surface area contributed by atoms with E-state index in [1.807, 2.05) is 12.1 Å². The van der Waals surface area contributed by atoms with E-state index >= 15 is 0 Å². The third-order valence-electron chi connectivity index (χ3n) is 8.58. The molecule has 10 nitrogen and oxygen atoms in total. The molecule has 10 heteroatoms. The molecule has 0 spiro atoms. The Balaban J connectivity index is 1.44. The molecule has 40 heavy (non-hydrogen) atoms. The van der Waals surface area contributed by atoms with Gasteiger partial charge in [-0.05, 0) is 69.6 Å². The first kappa shape index (κ1) is 30.0. The van der Waals surface area contributed by atoms with Gasteiger partial charge in [-0.15, -0.1) is 0 Å². The van der Waals surface area contributed by atoms with Gasteiger partial charge in [0, 0.05) is 12.3 Å². The highest BCUT2D eigenvalue weighted by Gasteiger charge is 2.50. The highest BCUT2D eigenvalue weighted by atomic mass is 16.6. The number of ether oxygens (including phenoxy) is 2. The largest absolute Gasteiger partial charge is 0.497 e. The number of carbonyl (C=O) groups is 4. The van der Waals surface area contributed by atoms with Crippen LogP contribution in [0.15, 0.2) is 24.3 Å². The van der Waals surface area contributed by atoms with Crippen LogP contribution in [0.5, 0.6) is 5.75 Å². The molecule has 1 saturated heterocycles. The van der Waals surface area contributed by atoms with Crippen LogP contribution in [0.3, 0.4) is 0 Å². The summed E-state index contributed by atoms with van der Waals surface area (Å²) in [7, 11) is 1.57. The third kappa shape index (κ3) is 7.81. The van der Waals surface area contributed by atoms with Crippen molar-refractivity contribution in [1.29, 1.82) is 0 Å². The van der Waals surface area contributed by atoms with Crippen LogP contribution >= 0.6 is 0 Å². The molecule has 3 amide bonds. The summed E-state index contributed by atoms with van der Waals surface area (Å²) < 4.78 is 10.6. The maximum atomic E-state index is 13.6. The monoisotopic (exact) mass is 557 g/mol. The highest BCUT2D eigenvalue weighted by Crippen LogP contribution is 2.34. The molecular weight excluding hydrogens is 514 g/mol. The van der Waals surface area contributed by atoms with Crippen LogP contribution in [0.2, 0.25) is 0 Å². The Morgan fingerprint density at radius 1 is 0.975 bits per heavy atom. The fourth-order valence-corrected chi connectivity index (χ4v) is 5.42. The van der Waals surface area contributed by atoms with Crippen molar-refractivity contribution in [2.75, 3.05) is 13.7 Å². The Labute approximate surface area is 235 Å². The summed E-state index contributed by atoms with van der Waals surface area (Å²) in [6.45, 7) is 3.66. The van der Waals surface area contributed by atoms with Crippen LogP contribution in [0.4, 0.5) is 0 Å². The van der Waals surface area contributed by atoms with Crippen molar-refractivity contribution in [2.45, 2.75) is 101 Å². The lowest BCUT2D eigenvalue weighted by molar-refractivity contribution is -0.135. The summed E-state index contributed by atoms with van der Waals surface area (Å²) in [6, 6.07) is 4.69. The normalized spacial score (nSPS) is 26.4. The van der Waals surface area contributed by atoms with E-state index < -0.39 is 35.5 Å². The fourth-order valence-electron chi connectivity index (χ4n) is 5.42. The van der Waals surface area contributed by atoms with E-state index in [0.29, 0.717) is 50.4 Å². The second-order valence-corrected chi connectivity index (χ2v) is 11.8. The number of carbonyl (C=O) groups excluding carboxylic acids is 4. The summed E-state index contributed by atoms with van der Waals surface area (Å²) in [5.41, 5.74) is -0.0669. The summed E-state index contributed by atoms with van der Waals surface area (Å²) in [5, 5.41) is 18.2. The third-order valence-corrected chi connectivity index (χ3v) is 8.58. The van der Waals surface area contributed by atoms with Crippen LogP contribution in [0.25, 0.3) is 0 Å². The van der Waals surface area contributed by atoms with Gasteiger partial charge in [-0.3, -0.25) is 19.2 Å². The van der Waals surface area contributed by atoms with Crippen LogP contribution in [-0.4, -0.2) is 72.2 Å². The lowest BCUT2D eigenvalue weighted by Gasteiger charge is -2.31. The van der Waals surface area contributed by atoms with Gasteiger partial charge >= 0.3 is 0 Å². The molecule has 3 aliphatic rings. The second kappa shape index (κ2) is 13.1. The standard InChI is InChI=1S/C30H43N3O7/c1-18(31-28(37)21-9-11-22(34)12-10-21)27(36)33-25(16-20-7-13-23(39-3)14-8-20)29(38)32-24(15-19-5-4-6-19)26(35)30(2)17-40-30/h7-8,13-14,18-19,21-22,24-25,34H,4-6,9-12,15-17H2,1-3H3,(H,31,37)(H,32,38)(H,33,36)/t18-,21?,22?,24+,25+,30-/m1/s1. The molecule has 0 aromatic heterocycles. The molecule has 4 N–H and O–H groups in total. The Kier molecular flexibility index (Phi) is 9.84. The number of hydrogen-bond donors (Lipinski definition) is 4. The van der Waals surface area contributed by atoms with Crippen molar-refractivity contribution in [3.05, 3.63) is 29.8 Å². The Hall–Kier alpha value is -2.98. The smallest absolute Gasteiger partial charge is 0.243 e. The minimum atomic E-state index is -0.963. The summed E-state index contributed by atoms with van der Waals surface area (Å²) in [4.78, 5) is 52.8. The van der Waals surface area contributed by atoms with Gasteiger partial charge in [0.25, 0.3) is 0 Å². The first-order valence-electron chi connectivity index (χ1n) is 14.5. The second-order valence-electron chi connectivity index (χ2n) is 11.8. The van der Waals surface area contributed by atoms with Gasteiger partial charge in [0.15, 0.2) is 5.78 Å². The van der Waals surface area contributed by atoms with Gasteiger partial charge in [-0.2, -0.15) is 0 Å². The number of nitrogens with one attached hydrogen (secondary N) is 3. The molecule has 3 fully saturated rings. The summed E-state index contributed by atoms with van der Waals surface area (Å²) in [5.74, 6) is -0.508. The number of ketones is 1. The van der Waals surface area contributed by atoms with Gasteiger partial charge in [-0.1, -0.05) is 31.4 Å². The minimum Gasteiger partial charge on any atom is -0.497 e. The molecular formula is C30H43N3O7. The van der Waals surface area contributed by atoms with Crippen molar-refractivity contribution < 1.29 is 33.8 Å². The Morgan fingerprint density at radius 2 is 1.60 bits per heavy atom. The van der Waals surface area contributed by atoms with E-state index in [2.05, 4.69) is 16.0 Å². The molecule has 220 valence electrons. The van der Waals surface area contributed by atoms with E-state index in [1.165, 1.54) is 0 Å². The molecule has 2 aliphatic carbocycles. The number of methoxy groups -OCH3 is 1. The minimum absolute atomic E-state index is 0.138. The number of amides is 3. The summed E-state index contributed by atoms with van der Waals surface area (Å²) in [6.07, 6.45) is 5.81. The van der Waals surface area contributed by atoms with Gasteiger partial charge < -0.3 is 30.5 Å². The van der Waals surface area contributed by atoms with E-state index in [0.717, 1.165) is 24.8 Å². The zero-order chi connectivity index (χ0) is 28.9. The average molecular weight is 558 g/mol. The number of aliphatic hydroxyl groups excluding tert-OH is 1. The maximum absolute atomic E-state index is 13.6. The number of aliphatic hydroxyl groups is 1. The van der Waals surface area contributed by atoms with Gasteiger partial charge in [0.05, 0.1) is 25.9 Å². The molecule has 1 heterocycles. The number of Topliss-reactive ketones (excluding diaryl/α,β-unsaturated/α-hetero) is 1. The maximum Gasteiger partial charge on any atom is 0.243 e. The first-order valence-corrected chi connectivity index (χ1v) is 14.5. The molecule has 4 atom stereocenters. The molecule has 1 aliphatic heterocycles. The zero-order valence-electron chi connectivity index (χ0n) is 23.7. The molecule has 0 bridgehead atoms. The topological polar surface area (TPSA) is 146 Å². The molecule has 4 rings (SSSR count). The number of epoxide rings is 1. The fraction of sp³-hybridized carbons (Fsp3) is 0.667. The number of benzene rings is 1. The van der Waals surface area contributed by atoms with Crippen molar-refractivity contribution in [2.24, 2.45) is 11.8 Å². The van der Waals surface area contributed by atoms with E-state index in [9.17, 15) is 24.3 Å². The molecule has 1 aromatic carbocycles. The Bertz CT molecular complexity index is 1060. The van der Waals surface area contributed by atoms with Crippen molar-refractivity contribution >= 4 is 23.5 Å². The predicted octanol–water partition coefficient (Wildman–Crippen LogP) is 1.81. The van der Waals surface area contributed by atoms with Crippen LogP contribution in [-0.2, 0) is 30.3 Å². The average Bonchev–Trinajstić information content (AvgIpc) is 3.67. The van der Waals surface area contributed by atoms with E-state index in [-0.39, 0.29) is 30.1 Å². The molecule has 0 unspecified atom stereocenters. The highest BCUT2D eigenvalue weighted by molar-refractivity contribution is 5.98.